The van der Waals surface area contributed by atoms with Crippen LogP contribution in [0.5, 0.6) is 0 Å². The Labute approximate surface area is 176 Å². The second kappa shape index (κ2) is 9.33. The summed E-state index contributed by atoms with van der Waals surface area (Å²) in [6, 6.07) is 2.66. The van der Waals surface area contributed by atoms with E-state index in [1.807, 2.05) is 0 Å². The van der Waals surface area contributed by atoms with Crippen molar-refractivity contribution in [2.75, 3.05) is 21.6 Å². The second-order valence-corrected chi connectivity index (χ2v) is 10.0. The third-order valence-electron chi connectivity index (χ3n) is 3.69. The minimum atomic E-state index is -3.92. The zero-order valence-electron chi connectivity index (χ0n) is 15.9. The first-order valence-electron chi connectivity index (χ1n) is 8.17. The van der Waals surface area contributed by atoms with Crippen molar-refractivity contribution in [1.29, 1.82) is 0 Å². The predicted molar refractivity (Wildman–Crippen MR) is 114 cm³/mol. The number of carbonyl (C=O) groups is 1. The summed E-state index contributed by atoms with van der Waals surface area (Å²) in [5.41, 5.74) is 0.253. The predicted octanol–water partition coefficient (Wildman–Crippen LogP) is 2.83. The molecule has 0 aliphatic rings. The first kappa shape index (κ1) is 22.8. The first-order chi connectivity index (χ1) is 13.5. The van der Waals surface area contributed by atoms with Crippen LogP contribution in [0.3, 0.4) is 0 Å². The monoisotopic (exact) mass is 457 g/mol. The molecule has 29 heavy (non-hydrogen) atoms. The number of amides is 1. The molecule has 0 radical (unpaired) electrons. The van der Waals surface area contributed by atoms with Crippen LogP contribution in [0.4, 0.5) is 16.5 Å². The van der Waals surface area contributed by atoms with Gasteiger partial charge in [0.05, 0.1) is 16.9 Å². The minimum Gasteiger partial charge on any atom is -0.299 e. The van der Waals surface area contributed by atoms with Gasteiger partial charge in [0, 0.05) is 17.9 Å². The number of aryl methyl sites for hydroxylation is 1. The van der Waals surface area contributed by atoms with Gasteiger partial charge in [-0.05, 0) is 19.4 Å². The van der Waals surface area contributed by atoms with Crippen LogP contribution < -0.4 is 9.62 Å². The van der Waals surface area contributed by atoms with Crippen molar-refractivity contribution >= 4 is 55.5 Å². The lowest BCUT2D eigenvalue weighted by atomic mass is 10.1. The van der Waals surface area contributed by atoms with E-state index in [4.69, 9.17) is 0 Å². The molecule has 1 heterocycles. The van der Waals surface area contributed by atoms with Gasteiger partial charge in [0.15, 0.2) is 4.34 Å². The molecule has 0 unspecified atom stereocenters. The van der Waals surface area contributed by atoms with Gasteiger partial charge in [-0.1, -0.05) is 35.2 Å². The summed E-state index contributed by atoms with van der Waals surface area (Å²) >= 11 is 2.54. The molecule has 13 heteroatoms. The van der Waals surface area contributed by atoms with Crippen molar-refractivity contribution in [3.63, 3.8) is 0 Å². The molecule has 1 atom stereocenters. The van der Waals surface area contributed by atoms with E-state index in [9.17, 15) is 23.3 Å². The van der Waals surface area contributed by atoms with Crippen molar-refractivity contribution in [1.82, 2.24) is 10.2 Å². The maximum Gasteiger partial charge on any atom is 0.271 e. The Bertz CT molecular complexity index is 1040. The summed E-state index contributed by atoms with van der Waals surface area (Å²) < 4.78 is 26.3. The molecule has 0 fully saturated rings. The highest BCUT2D eigenvalue weighted by Crippen LogP contribution is 2.30. The number of nitrogens with zero attached hydrogens (tertiary/aromatic N) is 4. The van der Waals surface area contributed by atoms with Crippen LogP contribution in [-0.4, -0.2) is 47.5 Å². The molecule has 156 valence electrons. The molecule has 1 aromatic heterocycles. The van der Waals surface area contributed by atoms with Crippen molar-refractivity contribution in [3.8, 4) is 0 Å². The Hall–Kier alpha value is -2.51. The fourth-order valence-corrected chi connectivity index (χ4v) is 5.13. The molecule has 0 saturated heterocycles. The molecule has 2 aromatic rings. The van der Waals surface area contributed by atoms with E-state index in [1.165, 1.54) is 30.8 Å². The molecule has 0 aliphatic heterocycles. The smallest absolute Gasteiger partial charge is 0.271 e. The third-order valence-corrected chi connectivity index (χ3v) is 6.89. The average Bonchev–Trinajstić information content (AvgIpc) is 3.07. The van der Waals surface area contributed by atoms with E-state index in [1.54, 1.807) is 13.0 Å². The third kappa shape index (κ3) is 5.74. The highest BCUT2D eigenvalue weighted by atomic mass is 32.2. The SMILES string of the molecule is C=CCSc1nnc(NC(=O)[C@@H](C)N(c2cc([N+](=O)[O-])ccc2C)S(C)(=O)=O)s1. The maximum atomic E-state index is 12.7. The highest BCUT2D eigenvalue weighted by molar-refractivity contribution is 8.01. The Kier molecular flexibility index (Phi) is 7.32. The Morgan fingerprint density at radius 2 is 2.17 bits per heavy atom. The Morgan fingerprint density at radius 3 is 2.76 bits per heavy atom. The fourth-order valence-electron chi connectivity index (χ4n) is 2.39. The number of rotatable bonds is 9. The summed E-state index contributed by atoms with van der Waals surface area (Å²) in [6.07, 6.45) is 2.64. The maximum absolute atomic E-state index is 12.7. The van der Waals surface area contributed by atoms with Gasteiger partial charge in [0.1, 0.15) is 6.04 Å². The molecule has 0 bridgehead atoms. The normalized spacial score (nSPS) is 12.2. The van der Waals surface area contributed by atoms with E-state index in [2.05, 4.69) is 22.1 Å². The lowest BCUT2D eigenvalue weighted by Crippen LogP contribution is -2.45. The van der Waals surface area contributed by atoms with Crippen LogP contribution in [0.15, 0.2) is 35.2 Å². The van der Waals surface area contributed by atoms with Crippen LogP contribution in [0.25, 0.3) is 0 Å². The van der Waals surface area contributed by atoms with Crippen molar-refractivity contribution in [2.45, 2.75) is 24.2 Å². The van der Waals surface area contributed by atoms with Gasteiger partial charge >= 0.3 is 0 Å². The molecule has 0 spiro atoms. The number of benzene rings is 1. The molecule has 1 N–H and O–H groups in total. The number of non-ortho nitro benzene ring substituents is 1. The van der Waals surface area contributed by atoms with Crippen molar-refractivity contribution < 1.29 is 18.1 Å². The number of nitro groups is 1. The highest BCUT2D eigenvalue weighted by Gasteiger charge is 2.31. The number of nitrogens with one attached hydrogen (secondary N) is 1. The number of aromatic nitrogens is 2. The molecule has 1 amide bonds. The molecule has 1 aromatic carbocycles. The molecular formula is C16H19N5O5S3. The van der Waals surface area contributed by atoms with Gasteiger partial charge in [-0.15, -0.1) is 16.8 Å². The van der Waals surface area contributed by atoms with Crippen LogP contribution in [0, 0.1) is 17.0 Å². The summed E-state index contributed by atoms with van der Waals surface area (Å²) in [5.74, 6) is -0.00912. The van der Waals surface area contributed by atoms with Crippen LogP contribution in [-0.2, 0) is 14.8 Å². The largest absolute Gasteiger partial charge is 0.299 e. The number of sulfonamides is 1. The zero-order chi connectivity index (χ0) is 21.8. The number of nitro benzene ring substituents is 1. The van der Waals surface area contributed by atoms with E-state index >= 15 is 0 Å². The number of thioether (sulfide) groups is 1. The Balaban J connectivity index is 2.32. The number of carbonyl (C=O) groups excluding carboxylic acids is 1. The van der Waals surface area contributed by atoms with Crippen LogP contribution in [0.2, 0.25) is 0 Å². The average molecular weight is 458 g/mol. The first-order valence-corrected chi connectivity index (χ1v) is 11.8. The van der Waals surface area contributed by atoms with E-state index in [-0.39, 0.29) is 16.5 Å². The standard InChI is InChI=1S/C16H19N5O5S3/c1-5-8-27-16-19-18-15(28-16)17-14(22)11(3)20(29(4,25)26)13-9-12(21(23)24)7-6-10(13)2/h5-7,9,11H,1,8H2,2-4H3,(H,17,18,22)/t11-/m1/s1. The second-order valence-electron chi connectivity index (χ2n) is 5.92. The number of anilines is 2. The molecular weight excluding hydrogens is 438 g/mol. The van der Waals surface area contributed by atoms with Crippen molar-refractivity contribution in [3.05, 3.63) is 46.5 Å². The van der Waals surface area contributed by atoms with Gasteiger partial charge in [-0.25, -0.2) is 8.42 Å². The van der Waals surface area contributed by atoms with Crippen LogP contribution in [0.1, 0.15) is 12.5 Å². The van der Waals surface area contributed by atoms with Crippen molar-refractivity contribution in [2.24, 2.45) is 0 Å². The summed E-state index contributed by atoms with van der Waals surface area (Å²) in [7, 11) is -3.92. The number of hydrogen-bond donors (Lipinski definition) is 1. The zero-order valence-corrected chi connectivity index (χ0v) is 18.3. The van der Waals surface area contributed by atoms with Crippen LogP contribution >= 0.6 is 23.1 Å². The van der Waals surface area contributed by atoms with E-state index in [0.29, 0.717) is 15.7 Å². The summed E-state index contributed by atoms with van der Waals surface area (Å²) in [6.45, 7) is 6.61. The molecule has 2 rings (SSSR count). The molecule has 0 aliphatic carbocycles. The van der Waals surface area contributed by atoms with Gasteiger partial charge in [-0.2, -0.15) is 0 Å². The number of hydrogen-bond acceptors (Lipinski definition) is 9. The van der Waals surface area contributed by atoms with Gasteiger partial charge in [-0.3, -0.25) is 24.5 Å². The fraction of sp³-hybridized carbons (Fsp3) is 0.312. The minimum absolute atomic E-state index is 0.0591. The molecule has 0 saturated carbocycles. The molecule has 10 nitrogen and oxygen atoms in total. The lowest BCUT2D eigenvalue weighted by molar-refractivity contribution is -0.384. The Morgan fingerprint density at radius 1 is 1.48 bits per heavy atom. The van der Waals surface area contributed by atoms with E-state index < -0.39 is 26.9 Å². The van der Waals surface area contributed by atoms with Gasteiger partial charge in [0.2, 0.25) is 21.1 Å². The lowest BCUT2D eigenvalue weighted by Gasteiger charge is -2.29. The summed E-state index contributed by atoms with van der Waals surface area (Å²) in [4.78, 5) is 23.2. The summed E-state index contributed by atoms with van der Waals surface area (Å²) in [5, 5.41) is 21.6. The van der Waals surface area contributed by atoms with Gasteiger partial charge in [0.25, 0.3) is 5.69 Å². The van der Waals surface area contributed by atoms with Gasteiger partial charge < -0.3 is 0 Å². The topological polar surface area (TPSA) is 135 Å². The van der Waals surface area contributed by atoms with E-state index in [0.717, 1.165) is 28.0 Å². The quantitative estimate of drug-likeness (QED) is 0.200.